The molecule has 0 atom stereocenters. The van der Waals surface area contributed by atoms with E-state index in [1.165, 1.54) is 21.1 Å². The number of rotatable bonds is 5. The molecule has 0 radical (unpaired) electrons. The lowest BCUT2D eigenvalue weighted by atomic mass is 10.2. The topological polar surface area (TPSA) is 76.7 Å². The largest absolute Gasteiger partial charge is 0.494 e. The monoisotopic (exact) mass is 348 g/mol. The molecule has 2 amide bonds. The van der Waals surface area contributed by atoms with Crippen LogP contribution in [-0.2, 0) is 4.79 Å². The Balaban J connectivity index is 2.37. The summed E-state index contributed by atoms with van der Waals surface area (Å²) >= 11 is 6.04. The summed E-state index contributed by atoms with van der Waals surface area (Å²) in [7, 11) is 2.93. The van der Waals surface area contributed by atoms with E-state index in [1.54, 1.807) is 36.4 Å². The van der Waals surface area contributed by atoms with E-state index in [1.807, 2.05) is 0 Å². The molecule has 2 rings (SSSR count). The van der Waals surface area contributed by atoms with Crippen molar-refractivity contribution in [2.45, 2.75) is 6.92 Å². The molecular weight excluding hydrogens is 332 g/mol. The van der Waals surface area contributed by atoms with Crippen LogP contribution in [0.15, 0.2) is 36.4 Å². The lowest BCUT2D eigenvalue weighted by Gasteiger charge is -2.16. The molecule has 2 aromatic rings. The first-order valence-electron chi connectivity index (χ1n) is 7.05. The van der Waals surface area contributed by atoms with E-state index in [9.17, 15) is 9.59 Å². The fraction of sp³-hybridized carbons (Fsp3) is 0.176. The second kappa shape index (κ2) is 7.70. The molecule has 0 saturated carbocycles. The normalized spacial score (nSPS) is 10.0. The van der Waals surface area contributed by atoms with Gasteiger partial charge < -0.3 is 20.1 Å². The van der Waals surface area contributed by atoms with Crippen molar-refractivity contribution >= 4 is 34.8 Å². The molecule has 0 aromatic heterocycles. The minimum Gasteiger partial charge on any atom is -0.494 e. The lowest BCUT2D eigenvalue weighted by Crippen LogP contribution is -2.14. The van der Waals surface area contributed by atoms with E-state index in [0.29, 0.717) is 33.5 Å². The van der Waals surface area contributed by atoms with Crippen LogP contribution in [-0.4, -0.2) is 26.0 Å². The van der Waals surface area contributed by atoms with Gasteiger partial charge in [0.2, 0.25) is 5.91 Å². The van der Waals surface area contributed by atoms with Crippen LogP contribution in [0.25, 0.3) is 0 Å². The number of carbonyl (C=O) groups excluding carboxylic acids is 2. The molecule has 24 heavy (non-hydrogen) atoms. The predicted octanol–water partition coefficient (Wildman–Crippen LogP) is 3.57. The third-order valence-electron chi connectivity index (χ3n) is 3.20. The van der Waals surface area contributed by atoms with Gasteiger partial charge in [-0.05, 0) is 12.1 Å². The van der Waals surface area contributed by atoms with Gasteiger partial charge in [-0.2, -0.15) is 0 Å². The van der Waals surface area contributed by atoms with Crippen molar-refractivity contribution in [3.8, 4) is 11.5 Å². The van der Waals surface area contributed by atoms with Gasteiger partial charge in [-0.15, -0.1) is 0 Å². The van der Waals surface area contributed by atoms with Crippen molar-refractivity contribution in [2.24, 2.45) is 0 Å². The number of hydrogen-bond donors (Lipinski definition) is 2. The van der Waals surface area contributed by atoms with Crippen LogP contribution >= 0.6 is 11.6 Å². The highest BCUT2D eigenvalue weighted by Gasteiger charge is 2.16. The highest BCUT2D eigenvalue weighted by molar-refractivity contribution is 6.34. The van der Waals surface area contributed by atoms with Crippen LogP contribution in [0.4, 0.5) is 11.4 Å². The summed E-state index contributed by atoms with van der Waals surface area (Å²) < 4.78 is 10.5. The summed E-state index contributed by atoms with van der Waals surface area (Å²) in [5.41, 5.74) is 1.18. The molecule has 2 N–H and O–H groups in total. The molecule has 6 nitrogen and oxygen atoms in total. The van der Waals surface area contributed by atoms with Gasteiger partial charge in [0, 0.05) is 19.1 Å². The van der Waals surface area contributed by atoms with Crippen LogP contribution in [0, 0.1) is 0 Å². The van der Waals surface area contributed by atoms with Gasteiger partial charge in [0.25, 0.3) is 5.91 Å². The van der Waals surface area contributed by atoms with Crippen LogP contribution in [0.1, 0.15) is 17.3 Å². The van der Waals surface area contributed by atoms with Gasteiger partial charge in [0.15, 0.2) is 0 Å². The number of benzene rings is 2. The Hall–Kier alpha value is -2.73. The molecule has 0 aliphatic rings. The summed E-state index contributed by atoms with van der Waals surface area (Å²) in [5.74, 6) is 0.136. The van der Waals surface area contributed by atoms with E-state index >= 15 is 0 Å². The zero-order valence-corrected chi connectivity index (χ0v) is 14.2. The summed E-state index contributed by atoms with van der Waals surface area (Å²) in [6.45, 7) is 1.39. The van der Waals surface area contributed by atoms with Crippen molar-refractivity contribution in [1.29, 1.82) is 0 Å². The molecule has 0 spiro atoms. The number of nitrogens with one attached hydrogen (secondary N) is 2. The standard InChI is InChI=1S/C17H17ClN2O4/c1-10(21)19-13-8-16(24-3)14(9-15(13)23-2)20-17(22)11-6-4-5-7-12(11)18/h4-9H,1-3H3,(H,19,21)(H,20,22). The van der Waals surface area contributed by atoms with Gasteiger partial charge in [-0.3, -0.25) is 9.59 Å². The minimum absolute atomic E-state index is 0.247. The minimum atomic E-state index is -0.381. The van der Waals surface area contributed by atoms with E-state index in [4.69, 9.17) is 21.1 Å². The highest BCUT2D eigenvalue weighted by Crippen LogP contribution is 2.36. The van der Waals surface area contributed by atoms with E-state index < -0.39 is 0 Å². The van der Waals surface area contributed by atoms with Crippen molar-refractivity contribution in [3.63, 3.8) is 0 Å². The number of anilines is 2. The zero-order chi connectivity index (χ0) is 17.7. The molecule has 0 saturated heterocycles. The molecule has 7 heteroatoms. The summed E-state index contributed by atoms with van der Waals surface area (Å²) in [5, 5.41) is 5.72. The van der Waals surface area contributed by atoms with Crippen molar-refractivity contribution in [3.05, 3.63) is 47.0 Å². The van der Waals surface area contributed by atoms with Crippen LogP contribution < -0.4 is 20.1 Å². The van der Waals surface area contributed by atoms with Gasteiger partial charge in [-0.25, -0.2) is 0 Å². The maximum absolute atomic E-state index is 12.4. The van der Waals surface area contributed by atoms with Crippen molar-refractivity contribution in [2.75, 3.05) is 24.9 Å². The van der Waals surface area contributed by atoms with E-state index in [0.717, 1.165) is 0 Å². The number of ether oxygens (including phenoxy) is 2. The number of hydrogen-bond acceptors (Lipinski definition) is 4. The number of amides is 2. The Morgan fingerprint density at radius 2 is 1.50 bits per heavy atom. The first-order chi connectivity index (χ1) is 11.5. The summed E-state index contributed by atoms with van der Waals surface area (Å²) in [6.07, 6.45) is 0. The smallest absolute Gasteiger partial charge is 0.257 e. The van der Waals surface area contributed by atoms with E-state index in [-0.39, 0.29) is 11.8 Å². The third kappa shape index (κ3) is 3.97. The Morgan fingerprint density at radius 1 is 0.958 bits per heavy atom. The molecular formula is C17H17ClN2O4. The quantitative estimate of drug-likeness (QED) is 0.866. The van der Waals surface area contributed by atoms with E-state index in [2.05, 4.69) is 10.6 Å². The Labute approximate surface area is 144 Å². The number of carbonyl (C=O) groups is 2. The Morgan fingerprint density at radius 3 is 2.00 bits per heavy atom. The van der Waals surface area contributed by atoms with Crippen molar-refractivity contribution < 1.29 is 19.1 Å². The molecule has 0 aliphatic heterocycles. The molecule has 0 bridgehead atoms. The lowest BCUT2D eigenvalue weighted by molar-refractivity contribution is -0.114. The van der Waals surface area contributed by atoms with Gasteiger partial charge in [0.05, 0.1) is 36.2 Å². The van der Waals surface area contributed by atoms with Crippen LogP contribution in [0.3, 0.4) is 0 Å². The predicted molar refractivity (Wildman–Crippen MR) is 93.3 cm³/mol. The molecule has 2 aromatic carbocycles. The van der Waals surface area contributed by atoms with Gasteiger partial charge in [-0.1, -0.05) is 23.7 Å². The molecule has 0 aliphatic carbocycles. The maximum atomic E-state index is 12.4. The summed E-state index contributed by atoms with van der Waals surface area (Å²) in [4.78, 5) is 23.7. The Bertz CT molecular complexity index is 777. The fourth-order valence-electron chi connectivity index (χ4n) is 2.12. The average molecular weight is 349 g/mol. The number of halogens is 1. The molecule has 126 valence electrons. The van der Waals surface area contributed by atoms with Crippen LogP contribution in [0.5, 0.6) is 11.5 Å². The molecule has 0 fully saturated rings. The fourth-order valence-corrected chi connectivity index (χ4v) is 2.34. The first kappa shape index (κ1) is 17.6. The zero-order valence-electron chi connectivity index (χ0n) is 13.5. The Kier molecular flexibility index (Phi) is 5.65. The van der Waals surface area contributed by atoms with Gasteiger partial charge >= 0.3 is 0 Å². The van der Waals surface area contributed by atoms with Crippen molar-refractivity contribution in [1.82, 2.24) is 0 Å². The summed E-state index contributed by atoms with van der Waals surface area (Å²) in [6, 6.07) is 9.85. The third-order valence-corrected chi connectivity index (χ3v) is 3.53. The SMILES string of the molecule is COc1cc(NC(=O)c2ccccc2Cl)c(OC)cc1NC(C)=O. The second-order valence-corrected chi connectivity index (χ2v) is 5.28. The maximum Gasteiger partial charge on any atom is 0.257 e. The second-order valence-electron chi connectivity index (χ2n) is 4.87. The molecule has 0 unspecified atom stereocenters. The van der Waals surface area contributed by atoms with Crippen LogP contribution in [0.2, 0.25) is 5.02 Å². The highest BCUT2D eigenvalue weighted by atomic mass is 35.5. The molecule has 0 heterocycles. The average Bonchev–Trinajstić information content (AvgIpc) is 2.55. The van der Waals surface area contributed by atoms with Gasteiger partial charge in [0.1, 0.15) is 11.5 Å². The first-order valence-corrected chi connectivity index (χ1v) is 7.43. The number of methoxy groups -OCH3 is 2.